The van der Waals surface area contributed by atoms with Gasteiger partial charge in [-0.05, 0) is 91.0 Å². The SMILES string of the molecule is CCCCCCCCCCCCCCC(C(=O)O)[N+]1(C)CCc2cc(OC)c3cc2C1Cc1ccc(cc1)Oc1cc(ccc1OC)CC1c2c(cc(OC)c(OC)c2O3)CCN1C. The lowest BCUT2D eigenvalue weighted by atomic mass is 9.84. The maximum absolute atomic E-state index is 13.5. The molecule has 1 N–H and O–H groups in total. The van der Waals surface area contributed by atoms with Crippen LogP contribution in [0.3, 0.4) is 0 Å². The van der Waals surface area contributed by atoms with Crippen LogP contribution in [0.1, 0.15) is 136 Å². The number of hydrogen-bond donors (Lipinski definition) is 1. The predicted octanol–water partition coefficient (Wildman–Crippen LogP) is 12.2. The molecule has 10 heteroatoms. The molecule has 4 atom stereocenters. The molecule has 4 unspecified atom stereocenters. The fraction of sp³-hybridized carbons (Fsp3) is 0.537. The number of unbranched alkanes of at least 4 members (excludes halogenated alkanes) is 11. The number of methoxy groups -OCH3 is 4. The first-order valence-electron chi connectivity index (χ1n) is 24.0. The van der Waals surface area contributed by atoms with Crippen LogP contribution in [0.5, 0.6) is 46.0 Å². The van der Waals surface area contributed by atoms with E-state index in [4.69, 9.17) is 28.4 Å². The highest BCUT2D eigenvalue weighted by molar-refractivity contribution is 5.72. The summed E-state index contributed by atoms with van der Waals surface area (Å²) in [6.45, 7) is 3.81. The molecule has 0 aliphatic carbocycles. The largest absolute Gasteiger partial charge is 0.493 e. The molecule has 0 aromatic heterocycles. The topological polar surface area (TPSA) is 95.9 Å². The fourth-order valence-corrected chi connectivity index (χ4v) is 10.7. The van der Waals surface area contributed by atoms with Gasteiger partial charge in [-0.15, -0.1) is 0 Å². The Kier molecular flexibility index (Phi) is 16.1. The van der Waals surface area contributed by atoms with Gasteiger partial charge in [0.25, 0.3) is 0 Å². The number of aliphatic carboxylic acids is 1. The third-order valence-electron chi connectivity index (χ3n) is 14.5. The van der Waals surface area contributed by atoms with Gasteiger partial charge in [-0.25, -0.2) is 4.79 Å². The van der Waals surface area contributed by atoms with Crippen molar-refractivity contribution in [3.05, 3.63) is 94.0 Å². The molecule has 4 aliphatic heterocycles. The van der Waals surface area contributed by atoms with Crippen molar-refractivity contribution < 1.29 is 42.8 Å². The number of hydrogen-bond acceptors (Lipinski definition) is 8. The molecule has 0 radical (unpaired) electrons. The summed E-state index contributed by atoms with van der Waals surface area (Å²) in [6.07, 6.45) is 18.4. The molecule has 8 rings (SSSR count). The van der Waals surface area contributed by atoms with E-state index in [9.17, 15) is 9.90 Å². The number of nitrogens with zero attached hydrogens (tertiary/aromatic N) is 2. The predicted molar refractivity (Wildman–Crippen MR) is 253 cm³/mol. The monoisotopic (exact) mass is 878 g/mol. The van der Waals surface area contributed by atoms with Gasteiger partial charge in [0.15, 0.2) is 40.5 Å². The Balaban J connectivity index is 1.27. The van der Waals surface area contributed by atoms with Crippen LogP contribution >= 0.6 is 0 Å². The highest BCUT2D eigenvalue weighted by Crippen LogP contribution is 2.53. The summed E-state index contributed by atoms with van der Waals surface area (Å²) in [5, 5.41) is 11.1. The molecule has 10 nitrogen and oxygen atoms in total. The second kappa shape index (κ2) is 21.8. The molecule has 0 fully saturated rings. The van der Waals surface area contributed by atoms with Gasteiger partial charge in [-0.1, -0.05) is 95.8 Å². The number of quaternary nitrogens is 1. The van der Waals surface area contributed by atoms with E-state index < -0.39 is 12.0 Å². The molecular formula is C54H73N2O8+. The Morgan fingerprint density at radius 1 is 0.719 bits per heavy atom. The average molecular weight is 878 g/mol. The van der Waals surface area contributed by atoms with E-state index in [1.165, 1.54) is 57.8 Å². The Morgan fingerprint density at radius 3 is 1.98 bits per heavy atom. The highest BCUT2D eigenvalue weighted by atomic mass is 16.5. The van der Waals surface area contributed by atoms with Crippen LogP contribution in [0.25, 0.3) is 0 Å². The Hall–Kier alpha value is -4.93. The second-order valence-corrected chi connectivity index (χ2v) is 18.6. The van der Waals surface area contributed by atoms with E-state index in [1.54, 1.807) is 28.4 Å². The van der Waals surface area contributed by atoms with Crippen LogP contribution in [0.15, 0.2) is 60.7 Å². The van der Waals surface area contributed by atoms with Crippen molar-refractivity contribution in [3.63, 3.8) is 0 Å². The van der Waals surface area contributed by atoms with Gasteiger partial charge >= 0.3 is 5.97 Å². The summed E-state index contributed by atoms with van der Waals surface area (Å²) in [6, 6.07) is 19.9. The molecule has 4 aromatic rings. The normalized spacial score (nSPS) is 19.6. The van der Waals surface area contributed by atoms with Crippen LogP contribution in [0, 0.1) is 0 Å². The zero-order valence-electron chi connectivity index (χ0n) is 39.6. The van der Waals surface area contributed by atoms with Crippen LogP contribution in [-0.4, -0.2) is 82.1 Å². The van der Waals surface area contributed by atoms with Gasteiger partial charge in [0.05, 0.1) is 42.0 Å². The number of likely N-dealkylation sites (N-methyl/N-ethyl adjacent to an activating group) is 2. The van der Waals surface area contributed by atoms with Crippen molar-refractivity contribution in [1.29, 1.82) is 0 Å². The van der Waals surface area contributed by atoms with Gasteiger partial charge in [0.1, 0.15) is 11.8 Å². The van der Waals surface area contributed by atoms with Gasteiger partial charge in [-0.2, -0.15) is 0 Å². The van der Waals surface area contributed by atoms with Gasteiger partial charge in [0.2, 0.25) is 5.75 Å². The van der Waals surface area contributed by atoms with E-state index in [0.717, 1.165) is 72.0 Å². The molecule has 6 bridgehead atoms. The maximum atomic E-state index is 13.5. The summed E-state index contributed by atoms with van der Waals surface area (Å²) >= 11 is 0. The van der Waals surface area contributed by atoms with E-state index in [0.29, 0.717) is 76.3 Å². The van der Waals surface area contributed by atoms with Gasteiger partial charge in [0, 0.05) is 43.0 Å². The van der Waals surface area contributed by atoms with E-state index in [1.807, 2.05) is 18.2 Å². The summed E-state index contributed by atoms with van der Waals surface area (Å²) < 4.78 is 38.2. The van der Waals surface area contributed by atoms with Crippen molar-refractivity contribution in [2.24, 2.45) is 0 Å². The number of carboxylic acids is 1. The van der Waals surface area contributed by atoms with E-state index >= 15 is 0 Å². The number of benzene rings is 4. The zero-order valence-corrected chi connectivity index (χ0v) is 39.6. The van der Waals surface area contributed by atoms with Crippen molar-refractivity contribution in [2.45, 2.75) is 134 Å². The van der Waals surface area contributed by atoms with Crippen molar-refractivity contribution in [3.8, 4) is 46.0 Å². The standard InChI is InChI=1S/C54H72N2O8/c1-8-9-10-11-12-13-14-15-16-17-18-19-20-44(54(57)58)56(3)30-28-39-34-47(60-5)49-36-42(39)45(56)32-37-21-24-41(25-22-37)63-48-33-38(23-26-46(48)59-4)31-43-51-40(27-29-55(43)2)35-50(61-6)52(62-7)53(51)64-49/h21-26,33-36,43-45H,8-20,27-32H2,1-7H3/p+1. The van der Waals surface area contributed by atoms with Crippen LogP contribution in [0.2, 0.25) is 0 Å². The van der Waals surface area contributed by atoms with E-state index in [2.05, 4.69) is 68.4 Å². The first-order chi connectivity index (χ1) is 31.1. The quantitative estimate of drug-likeness (QED) is 0.0729. The number of carbonyl (C=O) groups is 1. The lowest BCUT2D eigenvalue weighted by molar-refractivity contribution is -0.956. The fourth-order valence-electron chi connectivity index (χ4n) is 10.7. The van der Waals surface area contributed by atoms with Gasteiger partial charge < -0.3 is 38.0 Å². The molecule has 4 heterocycles. The molecule has 0 saturated carbocycles. The van der Waals surface area contributed by atoms with Crippen molar-refractivity contribution in [1.82, 2.24) is 4.90 Å². The first kappa shape index (κ1) is 47.0. The summed E-state index contributed by atoms with van der Waals surface area (Å²) in [5.41, 5.74) is 6.58. The minimum absolute atomic E-state index is 0.0778. The number of fused-ring (bicyclic) bond motifs is 2. The van der Waals surface area contributed by atoms with E-state index in [-0.39, 0.29) is 12.1 Å². The molecule has 4 aromatic carbocycles. The first-order valence-corrected chi connectivity index (χ1v) is 24.0. The minimum Gasteiger partial charge on any atom is -0.493 e. The summed E-state index contributed by atoms with van der Waals surface area (Å²) in [4.78, 5) is 15.9. The number of ether oxygens (including phenoxy) is 6. The third-order valence-corrected chi connectivity index (χ3v) is 14.5. The maximum Gasteiger partial charge on any atom is 0.362 e. The average Bonchev–Trinajstić information content (AvgIpc) is 3.29. The molecule has 0 spiro atoms. The summed E-state index contributed by atoms with van der Waals surface area (Å²) in [5.74, 6) is 4.14. The third kappa shape index (κ3) is 10.4. The number of carboxylic acid groups (broad SMARTS) is 1. The zero-order chi connectivity index (χ0) is 45.2. The smallest absolute Gasteiger partial charge is 0.362 e. The molecular weight excluding hydrogens is 805 g/mol. The minimum atomic E-state index is -0.735. The van der Waals surface area contributed by atoms with Crippen LogP contribution in [0.4, 0.5) is 0 Å². The Morgan fingerprint density at radius 2 is 1.34 bits per heavy atom. The van der Waals surface area contributed by atoms with Crippen molar-refractivity contribution >= 4 is 5.97 Å². The highest BCUT2D eigenvalue weighted by Gasteiger charge is 2.48. The lowest BCUT2D eigenvalue weighted by Gasteiger charge is -2.49. The lowest BCUT2D eigenvalue weighted by Crippen LogP contribution is -2.60. The molecule has 4 aliphatic rings. The second-order valence-electron chi connectivity index (χ2n) is 18.6. The molecule has 64 heavy (non-hydrogen) atoms. The van der Waals surface area contributed by atoms with Crippen LogP contribution < -0.4 is 28.4 Å². The number of rotatable bonds is 19. The Bertz CT molecular complexity index is 2190. The van der Waals surface area contributed by atoms with Gasteiger partial charge in [-0.3, -0.25) is 4.90 Å². The molecule has 346 valence electrons. The van der Waals surface area contributed by atoms with Crippen molar-refractivity contribution in [2.75, 3.05) is 55.6 Å². The molecule has 0 amide bonds. The molecule has 0 saturated heterocycles. The van der Waals surface area contributed by atoms with Crippen LogP contribution in [-0.2, 0) is 30.5 Å². The summed E-state index contributed by atoms with van der Waals surface area (Å²) in [7, 11) is 11.0. The Labute approximate surface area is 382 Å².